The van der Waals surface area contributed by atoms with Crippen LogP contribution in [0.25, 0.3) is 0 Å². The maximum atomic E-state index is 10.6. The van der Waals surface area contributed by atoms with Gasteiger partial charge in [-0.3, -0.25) is 29.0 Å². The molecule has 0 spiro atoms. The molecule has 12 nitrogen and oxygen atoms in total. The third kappa shape index (κ3) is 19.3. The Kier molecular flexibility index (Phi) is 17.4. The molecule has 0 atom stereocenters. The van der Waals surface area contributed by atoms with Crippen molar-refractivity contribution in [1.29, 1.82) is 0 Å². The predicted octanol–water partition coefficient (Wildman–Crippen LogP) is -4.92. The van der Waals surface area contributed by atoms with Crippen LogP contribution in [0.15, 0.2) is 0 Å². The quantitative estimate of drug-likeness (QED) is 0.135. The van der Waals surface area contributed by atoms with Gasteiger partial charge in [-0.15, -0.1) is 0 Å². The number of hydrogen-bond acceptors (Lipinski definition) is 8. The maximum absolute atomic E-state index is 10.6. The first-order valence-corrected chi connectivity index (χ1v) is 7.68. The molecule has 27 heavy (non-hydrogen) atoms. The molecule has 0 fully saturated rings. The molecule has 0 aliphatic rings. The van der Waals surface area contributed by atoms with Gasteiger partial charge < -0.3 is 31.3 Å². The average molecular weight is 404 g/mol. The summed E-state index contributed by atoms with van der Waals surface area (Å²) in [6.07, 6.45) is 0. The molecule has 0 saturated heterocycles. The van der Waals surface area contributed by atoms with Crippen molar-refractivity contribution in [3.05, 3.63) is 0 Å². The topological polar surface area (TPSA) is 174 Å². The molecule has 0 aromatic carbocycles. The number of nitrogens with zero attached hydrogens (tertiary/aromatic N) is 2. The molecule has 0 aliphatic heterocycles. The number of carbonyl (C=O) groups is 4. The zero-order valence-corrected chi connectivity index (χ0v) is 17.2. The first kappa shape index (κ1) is 27.9. The van der Waals surface area contributed by atoms with Crippen molar-refractivity contribution in [2.24, 2.45) is 0 Å². The van der Waals surface area contributed by atoms with Crippen LogP contribution in [-0.4, -0.2) is 120 Å². The maximum Gasteiger partial charge on any atom is 1.00 e. The molecule has 0 rings (SSSR count). The SMILES string of the molecule is O=C(O)CN(CCOCCOCCN(CC(=O)O)CC(=O)O)CC(=O)O.[H-].[Na+]. The Morgan fingerprint density at radius 2 is 0.852 bits per heavy atom. The molecule has 13 heteroatoms. The third-order valence-corrected chi connectivity index (χ3v) is 2.91. The molecule has 0 amide bonds. The number of ether oxygens (including phenoxy) is 2. The molecule has 0 heterocycles. The van der Waals surface area contributed by atoms with Gasteiger partial charge in [-0.25, -0.2) is 0 Å². The van der Waals surface area contributed by atoms with Gasteiger partial charge >= 0.3 is 53.4 Å². The van der Waals surface area contributed by atoms with E-state index in [4.69, 9.17) is 29.9 Å². The van der Waals surface area contributed by atoms with E-state index in [0.29, 0.717) is 0 Å². The minimum Gasteiger partial charge on any atom is -1.00 e. The number of rotatable bonds is 17. The van der Waals surface area contributed by atoms with Crippen LogP contribution in [-0.2, 0) is 28.7 Å². The monoisotopic (exact) mass is 404 g/mol. The number of carboxylic acid groups (broad SMARTS) is 4. The van der Waals surface area contributed by atoms with Crippen LogP contribution in [0.1, 0.15) is 1.43 Å². The molecule has 152 valence electrons. The summed E-state index contributed by atoms with van der Waals surface area (Å²) in [4.78, 5) is 44.9. The molecular formula is C14H25N2NaO10. The summed E-state index contributed by atoms with van der Waals surface area (Å²) < 4.78 is 10.4. The van der Waals surface area contributed by atoms with Gasteiger partial charge in [0.1, 0.15) is 0 Å². The molecule has 0 saturated carbocycles. The summed E-state index contributed by atoms with van der Waals surface area (Å²) in [5.41, 5.74) is 0. The van der Waals surface area contributed by atoms with Crippen molar-refractivity contribution in [3.63, 3.8) is 0 Å². The molecule has 0 aromatic heterocycles. The zero-order valence-electron chi connectivity index (χ0n) is 16.2. The van der Waals surface area contributed by atoms with Gasteiger partial charge in [0.15, 0.2) is 0 Å². The average Bonchev–Trinajstić information content (AvgIpc) is 2.47. The Bertz CT molecular complexity index is 409. The summed E-state index contributed by atoms with van der Waals surface area (Å²) in [6, 6.07) is 0. The predicted molar refractivity (Wildman–Crippen MR) is 86.2 cm³/mol. The molecule has 4 N–H and O–H groups in total. The molecular weight excluding hydrogens is 379 g/mol. The van der Waals surface area contributed by atoms with Crippen LogP contribution < -0.4 is 29.6 Å². The van der Waals surface area contributed by atoms with Gasteiger partial charge in [0.05, 0.1) is 52.6 Å². The second-order valence-electron chi connectivity index (χ2n) is 5.22. The van der Waals surface area contributed by atoms with Crippen molar-refractivity contribution in [1.82, 2.24) is 9.80 Å². The Morgan fingerprint density at radius 3 is 1.07 bits per heavy atom. The first-order chi connectivity index (χ1) is 12.2. The van der Waals surface area contributed by atoms with Gasteiger partial charge in [-0.1, -0.05) is 0 Å². The van der Waals surface area contributed by atoms with E-state index in [1.54, 1.807) is 0 Å². The summed E-state index contributed by atoms with van der Waals surface area (Å²) >= 11 is 0. The van der Waals surface area contributed by atoms with Crippen molar-refractivity contribution >= 4 is 23.9 Å². The minimum atomic E-state index is -1.14. The molecule has 0 aromatic rings. The fraction of sp³-hybridized carbons (Fsp3) is 0.714. The first-order valence-electron chi connectivity index (χ1n) is 7.68. The van der Waals surface area contributed by atoms with E-state index >= 15 is 0 Å². The largest absolute Gasteiger partial charge is 1.00 e. The van der Waals surface area contributed by atoms with E-state index in [9.17, 15) is 19.2 Å². The van der Waals surface area contributed by atoms with Crippen LogP contribution in [0.2, 0.25) is 0 Å². The van der Waals surface area contributed by atoms with Gasteiger partial charge in [0.2, 0.25) is 0 Å². The Morgan fingerprint density at radius 1 is 0.593 bits per heavy atom. The van der Waals surface area contributed by atoms with Gasteiger partial charge in [-0.2, -0.15) is 0 Å². The van der Waals surface area contributed by atoms with Crippen molar-refractivity contribution < 1.29 is 80.1 Å². The van der Waals surface area contributed by atoms with Gasteiger partial charge in [-0.05, 0) is 0 Å². The molecule has 0 bridgehead atoms. The minimum absolute atomic E-state index is 0. The Hall–Kier alpha value is -1.28. The van der Waals surface area contributed by atoms with E-state index < -0.39 is 50.1 Å². The standard InChI is InChI=1S/C14H24N2O10.Na.H/c17-11(18)7-15(8-12(19)20)1-3-25-5-6-26-4-2-16(9-13(21)22)10-14(23)24;;/h1-10H2,(H,17,18)(H,19,20)(H,21,22)(H,23,24);;/q;+1;-1. The Balaban J connectivity index is -0.00000312. The van der Waals surface area contributed by atoms with Crippen LogP contribution in [0.4, 0.5) is 0 Å². The van der Waals surface area contributed by atoms with Crippen LogP contribution in [0.5, 0.6) is 0 Å². The summed E-state index contributed by atoms with van der Waals surface area (Å²) in [7, 11) is 0. The summed E-state index contributed by atoms with van der Waals surface area (Å²) in [5.74, 6) is -4.55. The van der Waals surface area contributed by atoms with E-state index in [1.165, 1.54) is 9.80 Å². The van der Waals surface area contributed by atoms with Crippen molar-refractivity contribution in [2.75, 3.05) is 65.7 Å². The van der Waals surface area contributed by atoms with E-state index in [0.717, 1.165) is 0 Å². The normalized spacial score (nSPS) is 10.6. The fourth-order valence-electron chi connectivity index (χ4n) is 1.90. The molecule has 0 radical (unpaired) electrons. The van der Waals surface area contributed by atoms with E-state index in [-0.39, 0.29) is 70.5 Å². The van der Waals surface area contributed by atoms with Crippen LogP contribution >= 0.6 is 0 Å². The smallest absolute Gasteiger partial charge is 1.00 e. The zero-order chi connectivity index (χ0) is 19.9. The Labute approximate surface area is 179 Å². The second kappa shape index (κ2) is 16.9. The molecule has 0 unspecified atom stereocenters. The van der Waals surface area contributed by atoms with Gasteiger partial charge in [0, 0.05) is 13.1 Å². The number of aliphatic carboxylic acids is 4. The van der Waals surface area contributed by atoms with E-state index in [1.807, 2.05) is 0 Å². The number of carboxylic acids is 4. The third-order valence-electron chi connectivity index (χ3n) is 2.91. The van der Waals surface area contributed by atoms with Crippen LogP contribution in [0, 0.1) is 0 Å². The van der Waals surface area contributed by atoms with Gasteiger partial charge in [0.25, 0.3) is 0 Å². The van der Waals surface area contributed by atoms with Crippen molar-refractivity contribution in [2.45, 2.75) is 0 Å². The summed E-state index contributed by atoms with van der Waals surface area (Å²) in [5, 5.41) is 34.7. The van der Waals surface area contributed by atoms with E-state index in [2.05, 4.69) is 0 Å². The van der Waals surface area contributed by atoms with Crippen molar-refractivity contribution in [3.8, 4) is 0 Å². The molecule has 0 aliphatic carbocycles. The fourth-order valence-corrected chi connectivity index (χ4v) is 1.90. The second-order valence-corrected chi connectivity index (χ2v) is 5.22. The summed E-state index contributed by atoms with van der Waals surface area (Å²) in [6.45, 7) is -0.790. The number of hydrogen-bond donors (Lipinski definition) is 4. The van der Waals surface area contributed by atoms with Crippen LogP contribution in [0.3, 0.4) is 0 Å².